The van der Waals surface area contributed by atoms with Crippen molar-refractivity contribution in [1.29, 1.82) is 0 Å². The SMILES string of the molecule is O=C(Nc1nccs1)c1ccc(S(=O)(=O)[C@@H]2CCS(=O)(=O)C2)cc1. The molecular weight excluding hydrogens is 372 g/mol. The number of carbonyl (C=O) groups excluding carboxylic acids is 1. The first kappa shape index (κ1) is 17.1. The zero-order chi connectivity index (χ0) is 17.4. The van der Waals surface area contributed by atoms with Crippen LogP contribution < -0.4 is 5.32 Å². The monoisotopic (exact) mass is 386 g/mol. The average molecular weight is 386 g/mol. The summed E-state index contributed by atoms with van der Waals surface area (Å²) in [5.74, 6) is -0.843. The fraction of sp³-hybridized carbons (Fsp3) is 0.286. The molecule has 10 heteroatoms. The van der Waals surface area contributed by atoms with Gasteiger partial charge in [0.05, 0.1) is 21.7 Å². The standard InChI is InChI=1S/C14H14N2O5S3/c17-13(16-14-15-6-7-22-14)10-1-3-11(4-2-10)24(20,21)12-5-8-23(18,19)9-12/h1-4,6-7,12H,5,8-9H2,(H,15,16,17)/t12-/m1/s1. The van der Waals surface area contributed by atoms with Gasteiger partial charge in [-0.25, -0.2) is 21.8 Å². The summed E-state index contributed by atoms with van der Waals surface area (Å²) in [4.78, 5) is 16.0. The number of sulfone groups is 2. The minimum atomic E-state index is -3.72. The molecule has 1 aliphatic rings. The molecule has 0 aliphatic carbocycles. The summed E-state index contributed by atoms with van der Waals surface area (Å²) in [6, 6.07) is 5.46. The van der Waals surface area contributed by atoms with E-state index in [1.165, 1.54) is 35.6 Å². The number of aromatic nitrogens is 1. The molecular formula is C14H14N2O5S3. The lowest BCUT2D eigenvalue weighted by atomic mass is 10.2. The van der Waals surface area contributed by atoms with Gasteiger partial charge in [0.15, 0.2) is 24.8 Å². The fourth-order valence-electron chi connectivity index (χ4n) is 2.45. The molecule has 1 aromatic heterocycles. The lowest BCUT2D eigenvalue weighted by Crippen LogP contribution is -2.22. The van der Waals surface area contributed by atoms with Crippen molar-refractivity contribution < 1.29 is 21.6 Å². The van der Waals surface area contributed by atoms with Crippen LogP contribution in [0.4, 0.5) is 5.13 Å². The van der Waals surface area contributed by atoms with Crippen molar-refractivity contribution in [3.05, 3.63) is 41.4 Å². The van der Waals surface area contributed by atoms with Gasteiger partial charge < -0.3 is 0 Å². The molecule has 1 amide bonds. The fourth-order valence-corrected chi connectivity index (χ4v) is 7.33. The smallest absolute Gasteiger partial charge is 0.257 e. The van der Waals surface area contributed by atoms with Crippen molar-refractivity contribution in [3.8, 4) is 0 Å². The molecule has 1 aromatic carbocycles. The van der Waals surface area contributed by atoms with Crippen molar-refractivity contribution in [2.24, 2.45) is 0 Å². The molecule has 1 atom stereocenters. The maximum absolute atomic E-state index is 12.5. The highest BCUT2D eigenvalue weighted by molar-refractivity contribution is 7.96. The van der Waals surface area contributed by atoms with Gasteiger partial charge in [0.2, 0.25) is 0 Å². The van der Waals surface area contributed by atoms with E-state index < -0.39 is 30.8 Å². The summed E-state index contributed by atoms with van der Waals surface area (Å²) in [6.45, 7) is 0. The van der Waals surface area contributed by atoms with Gasteiger partial charge in [-0.1, -0.05) is 0 Å². The lowest BCUT2D eigenvalue weighted by Gasteiger charge is -2.10. The molecule has 2 heterocycles. The minimum Gasteiger partial charge on any atom is -0.298 e. The number of thiazole rings is 1. The molecule has 24 heavy (non-hydrogen) atoms. The van der Waals surface area contributed by atoms with Crippen LogP contribution in [0, 0.1) is 0 Å². The first-order valence-electron chi connectivity index (χ1n) is 7.03. The van der Waals surface area contributed by atoms with Crippen molar-refractivity contribution in [2.45, 2.75) is 16.6 Å². The molecule has 0 radical (unpaired) electrons. The highest BCUT2D eigenvalue weighted by atomic mass is 32.2. The Labute approximate surface area is 143 Å². The summed E-state index contributed by atoms with van der Waals surface area (Å²) in [5, 5.41) is 3.86. The Morgan fingerprint density at radius 2 is 1.96 bits per heavy atom. The Morgan fingerprint density at radius 3 is 2.50 bits per heavy atom. The van der Waals surface area contributed by atoms with Gasteiger partial charge in [-0.15, -0.1) is 11.3 Å². The zero-order valence-corrected chi connectivity index (χ0v) is 14.8. The van der Waals surface area contributed by atoms with Crippen molar-refractivity contribution in [1.82, 2.24) is 4.98 Å². The third-order valence-corrected chi connectivity index (χ3v) is 8.60. The lowest BCUT2D eigenvalue weighted by molar-refractivity contribution is 0.102. The maximum atomic E-state index is 12.5. The van der Waals surface area contributed by atoms with Crippen molar-refractivity contribution >= 4 is 42.1 Å². The molecule has 1 N–H and O–H groups in total. The minimum absolute atomic E-state index is 0.0235. The average Bonchev–Trinajstić information content (AvgIpc) is 3.17. The molecule has 1 fully saturated rings. The van der Waals surface area contributed by atoms with E-state index in [1.54, 1.807) is 11.6 Å². The quantitative estimate of drug-likeness (QED) is 0.849. The number of amides is 1. The van der Waals surface area contributed by atoms with Crippen LogP contribution >= 0.6 is 11.3 Å². The third-order valence-electron chi connectivity index (χ3n) is 3.73. The number of hydrogen-bond donors (Lipinski definition) is 1. The van der Waals surface area contributed by atoms with Crippen LogP contribution in [0.3, 0.4) is 0 Å². The van der Waals surface area contributed by atoms with Crippen LogP contribution in [-0.4, -0.2) is 44.5 Å². The van der Waals surface area contributed by atoms with E-state index in [1.807, 2.05) is 0 Å². The number of carbonyl (C=O) groups is 1. The van der Waals surface area contributed by atoms with E-state index in [9.17, 15) is 21.6 Å². The number of benzene rings is 1. The number of nitrogens with zero attached hydrogens (tertiary/aromatic N) is 1. The molecule has 0 saturated carbocycles. The number of rotatable bonds is 4. The van der Waals surface area contributed by atoms with Gasteiger partial charge in [0, 0.05) is 17.1 Å². The summed E-state index contributed by atoms with van der Waals surface area (Å²) < 4.78 is 48.0. The molecule has 7 nitrogen and oxygen atoms in total. The van der Waals surface area contributed by atoms with Crippen LogP contribution in [-0.2, 0) is 19.7 Å². The van der Waals surface area contributed by atoms with E-state index in [0.29, 0.717) is 10.7 Å². The van der Waals surface area contributed by atoms with Crippen molar-refractivity contribution in [2.75, 3.05) is 16.8 Å². The molecule has 1 aliphatic heterocycles. The van der Waals surface area contributed by atoms with E-state index >= 15 is 0 Å². The predicted molar refractivity (Wildman–Crippen MR) is 90.8 cm³/mol. The summed E-state index contributed by atoms with van der Waals surface area (Å²) in [7, 11) is -7.01. The highest BCUT2D eigenvalue weighted by Crippen LogP contribution is 2.25. The largest absolute Gasteiger partial charge is 0.298 e. The van der Waals surface area contributed by atoms with E-state index in [2.05, 4.69) is 10.3 Å². The molecule has 3 rings (SSSR count). The summed E-state index contributed by atoms with van der Waals surface area (Å²) >= 11 is 1.27. The molecule has 1 saturated heterocycles. The van der Waals surface area contributed by atoms with E-state index in [4.69, 9.17) is 0 Å². The third kappa shape index (κ3) is 3.50. The zero-order valence-electron chi connectivity index (χ0n) is 12.4. The maximum Gasteiger partial charge on any atom is 0.257 e. The van der Waals surface area contributed by atoms with Crippen LogP contribution in [0.25, 0.3) is 0 Å². The van der Waals surface area contributed by atoms with E-state index in [0.717, 1.165) is 0 Å². The van der Waals surface area contributed by atoms with Gasteiger partial charge in [0.25, 0.3) is 5.91 Å². The van der Waals surface area contributed by atoms with Gasteiger partial charge in [-0.3, -0.25) is 10.1 Å². The molecule has 0 spiro atoms. The van der Waals surface area contributed by atoms with Gasteiger partial charge >= 0.3 is 0 Å². The highest BCUT2D eigenvalue weighted by Gasteiger charge is 2.37. The topological polar surface area (TPSA) is 110 Å². The van der Waals surface area contributed by atoms with E-state index in [-0.39, 0.29) is 22.8 Å². The second kappa shape index (κ2) is 6.26. The van der Waals surface area contributed by atoms with Crippen LogP contribution in [0.1, 0.15) is 16.8 Å². The van der Waals surface area contributed by atoms with Crippen molar-refractivity contribution in [3.63, 3.8) is 0 Å². The number of nitrogens with one attached hydrogen (secondary N) is 1. The molecule has 0 unspecified atom stereocenters. The normalized spacial score (nSPS) is 19.9. The number of hydrogen-bond acceptors (Lipinski definition) is 7. The predicted octanol–water partition coefficient (Wildman–Crippen LogP) is 1.36. The Bertz CT molecular complexity index is 948. The second-order valence-electron chi connectivity index (χ2n) is 5.39. The van der Waals surface area contributed by atoms with Crippen LogP contribution in [0.5, 0.6) is 0 Å². The Kier molecular flexibility index (Phi) is 4.45. The van der Waals surface area contributed by atoms with Gasteiger partial charge in [-0.2, -0.15) is 0 Å². The molecule has 2 aromatic rings. The van der Waals surface area contributed by atoms with Crippen LogP contribution in [0.2, 0.25) is 0 Å². The molecule has 128 valence electrons. The molecule has 0 bridgehead atoms. The first-order valence-corrected chi connectivity index (χ1v) is 11.3. The van der Waals surface area contributed by atoms with Gasteiger partial charge in [-0.05, 0) is 30.7 Å². The second-order valence-corrected chi connectivity index (χ2v) is 10.7. The summed E-state index contributed by atoms with van der Waals surface area (Å²) in [5.41, 5.74) is 0.295. The Morgan fingerprint density at radius 1 is 1.25 bits per heavy atom. The van der Waals surface area contributed by atoms with Crippen LogP contribution in [0.15, 0.2) is 40.7 Å². The first-order chi connectivity index (χ1) is 11.3. The number of anilines is 1. The Hall–Kier alpha value is -1.78. The summed E-state index contributed by atoms with van der Waals surface area (Å²) in [6.07, 6.45) is 1.67. The Balaban J connectivity index is 1.78. The van der Waals surface area contributed by atoms with Gasteiger partial charge in [0.1, 0.15) is 0 Å².